The standard InChI is InChI=1S/2CH4.2ClH.Cr/h2*1H4;2*1H;. The minimum atomic E-state index is 0. The van der Waals surface area contributed by atoms with Crippen LogP contribution in [0.1, 0.15) is 14.9 Å². The van der Waals surface area contributed by atoms with Crippen LogP contribution in [0, 0.1) is 0 Å². The van der Waals surface area contributed by atoms with E-state index in [0.29, 0.717) is 0 Å². The molecule has 0 fully saturated rings. The Morgan fingerprint density at radius 2 is 0.600 bits per heavy atom. The van der Waals surface area contributed by atoms with E-state index in [2.05, 4.69) is 0 Å². The molecule has 0 unspecified atom stereocenters. The largest absolute Gasteiger partial charge is 0.147 e. The predicted octanol–water partition coefficient (Wildman–Crippen LogP) is 2.11. The van der Waals surface area contributed by atoms with Gasteiger partial charge < -0.3 is 0 Å². The van der Waals surface area contributed by atoms with Crippen LogP contribution >= 0.6 is 24.8 Å². The molecule has 0 spiro atoms. The molecule has 0 rings (SSSR count). The van der Waals surface area contributed by atoms with Crippen LogP contribution in [0.5, 0.6) is 0 Å². The van der Waals surface area contributed by atoms with E-state index in [0.717, 1.165) is 0 Å². The molecule has 0 aromatic heterocycles. The summed E-state index contributed by atoms with van der Waals surface area (Å²) in [7, 11) is 0. The molecule has 0 heterocycles. The van der Waals surface area contributed by atoms with Crippen molar-refractivity contribution >= 4 is 24.8 Å². The van der Waals surface area contributed by atoms with Gasteiger partial charge >= 0.3 is 0 Å². The number of hydrogen-bond acceptors (Lipinski definition) is 0. The van der Waals surface area contributed by atoms with Gasteiger partial charge in [-0.3, -0.25) is 0 Å². The van der Waals surface area contributed by atoms with E-state index in [1.54, 1.807) is 0 Å². The van der Waals surface area contributed by atoms with Crippen molar-refractivity contribution in [3.05, 3.63) is 0 Å². The summed E-state index contributed by atoms with van der Waals surface area (Å²) in [6.07, 6.45) is 0. The van der Waals surface area contributed by atoms with Gasteiger partial charge in [0.05, 0.1) is 0 Å². The van der Waals surface area contributed by atoms with E-state index >= 15 is 0 Å². The van der Waals surface area contributed by atoms with Crippen molar-refractivity contribution in [3.63, 3.8) is 0 Å². The molecule has 0 amide bonds. The van der Waals surface area contributed by atoms with Gasteiger partial charge in [-0.15, -0.1) is 24.8 Å². The van der Waals surface area contributed by atoms with Gasteiger partial charge in [-0.25, -0.2) is 0 Å². The van der Waals surface area contributed by atoms with Gasteiger partial charge in [0, 0.05) is 17.4 Å². The molecule has 0 aliphatic heterocycles. The van der Waals surface area contributed by atoms with Crippen molar-refractivity contribution in [2.75, 3.05) is 0 Å². The minimum Gasteiger partial charge on any atom is -0.147 e. The quantitative estimate of drug-likeness (QED) is 0.505. The Labute approximate surface area is 57.3 Å². The zero-order chi connectivity index (χ0) is 0. The van der Waals surface area contributed by atoms with Crippen LogP contribution < -0.4 is 0 Å². The molecule has 3 heteroatoms. The molecule has 5 heavy (non-hydrogen) atoms. The summed E-state index contributed by atoms with van der Waals surface area (Å²) in [5, 5.41) is 0. The fourth-order valence-corrected chi connectivity index (χ4v) is 0. The number of rotatable bonds is 0. The van der Waals surface area contributed by atoms with Gasteiger partial charge in [0.15, 0.2) is 0 Å². The van der Waals surface area contributed by atoms with Gasteiger partial charge in [-0.2, -0.15) is 0 Å². The summed E-state index contributed by atoms with van der Waals surface area (Å²) in [5.74, 6) is 0. The third-order valence-corrected chi connectivity index (χ3v) is 0. The van der Waals surface area contributed by atoms with Crippen LogP contribution in [0.25, 0.3) is 0 Å². The number of halogens is 2. The molecular weight excluding hydrogens is 147 g/mol. The molecule has 0 aliphatic carbocycles. The van der Waals surface area contributed by atoms with Gasteiger partial charge in [0.1, 0.15) is 0 Å². The van der Waals surface area contributed by atoms with Gasteiger partial charge in [-0.05, 0) is 0 Å². The van der Waals surface area contributed by atoms with Crippen molar-refractivity contribution in [3.8, 4) is 0 Å². The van der Waals surface area contributed by atoms with Crippen molar-refractivity contribution in [1.29, 1.82) is 0 Å². The molecule has 38 valence electrons. The Morgan fingerprint density at radius 1 is 0.600 bits per heavy atom. The first-order valence-corrected chi connectivity index (χ1v) is 0. The van der Waals surface area contributed by atoms with Crippen LogP contribution in [0.3, 0.4) is 0 Å². The van der Waals surface area contributed by atoms with Gasteiger partial charge in [-0.1, -0.05) is 14.9 Å². The topological polar surface area (TPSA) is 0 Å². The normalized spacial score (nSPS) is 0. The Morgan fingerprint density at radius 3 is 0.600 bits per heavy atom. The molecule has 0 saturated carbocycles. The average molecular weight is 157 g/mol. The second-order valence-electron chi connectivity index (χ2n) is 0. The minimum absolute atomic E-state index is 0. The maximum atomic E-state index is 0. The Hall–Kier alpha value is 1.11. The summed E-state index contributed by atoms with van der Waals surface area (Å²) in [6, 6.07) is 0. The fourth-order valence-electron chi connectivity index (χ4n) is 0. The fraction of sp³-hybridized carbons (Fsp3) is 1.00. The summed E-state index contributed by atoms with van der Waals surface area (Å²) in [6.45, 7) is 0. The van der Waals surface area contributed by atoms with Crippen molar-refractivity contribution in [1.82, 2.24) is 0 Å². The SMILES string of the molecule is C.C.Cl.Cl.[Cr]. The maximum absolute atomic E-state index is 0. The summed E-state index contributed by atoms with van der Waals surface area (Å²) >= 11 is 0. The third-order valence-electron chi connectivity index (χ3n) is 0. The van der Waals surface area contributed by atoms with Gasteiger partial charge in [0.2, 0.25) is 0 Å². The molecular formula is C2H10Cl2Cr. The zero-order valence-corrected chi connectivity index (χ0v) is 4.13. The molecule has 0 atom stereocenters. The first-order chi connectivity index (χ1) is 0. The van der Waals surface area contributed by atoms with Gasteiger partial charge in [0.25, 0.3) is 0 Å². The van der Waals surface area contributed by atoms with E-state index in [9.17, 15) is 0 Å². The molecule has 0 radical (unpaired) electrons. The molecule has 0 saturated heterocycles. The maximum Gasteiger partial charge on any atom is 0 e. The first kappa shape index (κ1) is 129. The molecule has 0 aliphatic rings. The predicted molar refractivity (Wildman–Crippen MR) is 28.0 cm³/mol. The van der Waals surface area contributed by atoms with Crippen LogP contribution in [-0.2, 0) is 17.4 Å². The van der Waals surface area contributed by atoms with E-state index in [1.807, 2.05) is 0 Å². The second-order valence-corrected chi connectivity index (χ2v) is 0. The Kier molecular flexibility index (Phi) is 1800. The summed E-state index contributed by atoms with van der Waals surface area (Å²) in [4.78, 5) is 0. The van der Waals surface area contributed by atoms with Crippen molar-refractivity contribution in [2.24, 2.45) is 0 Å². The van der Waals surface area contributed by atoms with E-state index in [1.165, 1.54) is 0 Å². The Bertz CT molecular complexity index is 7.61. The summed E-state index contributed by atoms with van der Waals surface area (Å²) < 4.78 is 0. The van der Waals surface area contributed by atoms with Crippen LogP contribution in [0.4, 0.5) is 0 Å². The monoisotopic (exact) mass is 156 g/mol. The molecule has 0 aromatic rings. The second kappa shape index (κ2) is 69.9. The van der Waals surface area contributed by atoms with Crippen LogP contribution in [0.15, 0.2) is 0 Å². The molecule has 0 aromatic carbocycles. The Balaban J connectivity index is 0. The van der Waals surface area contributed by atoms with Crippen LogP contribution in [-0.4, -0.2) is 0 Å². The van der Waals surface area contributed by atoms with Crippen molar-refractivity contribution < 1.29 is 17.4 Å². The zero-order valence-electron chi connectivity index (χ0n) is 1.22. The van der Waals surface area contributed by atoms with Crippen molar-refractivity contribution in [2.45, 2.75) is 14.9 Å². The molecule has 0 nitrogen and oxygen atoms in total. The number of hydrogen-bond donors (Lipinski definition) is 0. The molecule has 0 N–H and O–H groups in total. The van der Waals surface area contributed by atoms with E-state index in [-0.39, 0.29) is 57.0 Å². The summed E-state index contributed by atoms with van der Waals surface area (Å²) in [5.41, 5.74) is 0. The van der Waals surface area contributed by atoms with Crippen LogP contribution in [0.2, 0.25) is 0 Å². The van der Waals surface area contributed by atoms with E-state index in [4.69, 9.17) is 0 Å². The van der Waals surface area contributed by atoms with E-state index < -0.39 is 0 Å². The third kappa shape index (κ3) is 40.0. The molecule has 0 bridgehead atoms. The average Bonchev–Trinajstić information content (AvgIpc) is 0. The smallest absolute Gasteiger partial charge is 0 e. The first-order valence-electron chi connectivity index (χ1n) is 0.